The molecule has 104 valence electrons. The maximum absolute atomic E-state index is 5.70. The van der Waals surface area contributed by atoms with E-state index in [0.717, 1.165) is 31.5 Å². The van der Waals surface area contributed by atoms with Gasteiger partial charge in [0.2, 0.25) is 0 Å². The van der Waals surface area contributed by atoms with Crippen LogP contribution < -0.4 is 5.32 Å². The van der Waals surface area contributed by atoms with Crippen LogP contribution in [0.2, 0.25) is 0 Å². The van der Waals surface area contributed by atoms with Crippen molar-refractivity contribution in [2.45, 2.75) is 44.2 Å². The predicted molar refractivity (Wildman–Crippen MR) is 70.5 cm³/mol. The van der Waals surface area contributed by atoms with Gasteiger partial charge < -0.3 is 14.8 Å². The van der Waals surface area contributed by atoms with Gasteiger partial charge in [0.25, 0.3) is 0 Å². The van der Waals surface area contributed by atoms with Crippen LogP contribution in [-0.4, -0.2) is 56.6 Å². The van der Waals surface area contributed by atoms with E-state index < -0.39 is 0 Å². The zero-order valence-corrected chi connectivity index (χ0v) is 11.3. The molecule has 0 aromatic rings. The van der Waals surface area contributed by atoms with E-state index in [9.17, 15) is 0 Å². The van der Waals surface area contributed by atoms with Gasteiger partial charge in [-0.3, -0.25) is 4.90 Å². The molecule has 3 fully saturated rings. The van der Waals surface area contributed by atoms with Crippen molar-refractivity contribution in [3.63, 3.8) is 0 Å². The maximum atomic E-state index is 5.70. The lowest BCUT2D eigenvalue weighted by molar-refractivity contribution is -0.145. The van der Waals surface area contributed by atoms with Crippen LogP contribution in [0.1, 0.15) is 32.1 Å². The lowest BCUT2D eigenvalue weighted by Gasteiger charge is -2.33. The van der Waals surface area contributed by atoms with Crippen LogP contribution in [-0.2, 0) is 9.47 Å². The van der Waals surface area contributed by atoms with Crippen molar-refractivity contribution in [1.29, 1.82) is 0 Å². The minimum absolute atomic E-state index is 0.399. The molecule has 1 N–H and O–H groups in total. The molecule has 18 heavy (non-hydrogen) atoms. The molecule has 0 aromatic carbocycles. The molecular formula is C14H26N2O2. The highest BCUT2D eigenvalue weighted by Crippen LogP contribution is 2.29. The summed E-state index contributed by atoms with van der Waals surface area (Å²) in [5, 5.41) is 3.53. The Bertz CT molecular complexity index is 226. The second-order valence-corrected chi connectivity index (χ2v) is 6.00. The minimum Gasteiger partial charge on any atom is -0.355 e. The van der Waals surface area contributed by atoms with Crippen molar-refractivity contribution in [2.75, 3.05) is 39.6 Å². The second-order valence-electron chi connectivity index (χ2n) is 6.00. The largest absolute Gasteiger partial charge is 0.355 e. The first-order valence-corrected chi connectivity index (χ1v) is 7.56. The van der Waals surface area contributed by atoms with Gasteiger partial charge in [0, 0.05) is 19.1 Å². The van der Waals surface area contributed by atoms with Crippen LogP contribution in [0.25, 0.3) is 0 Å². The molecule has 0 radical (unpaired) electrons. The van der Waals surface area contributed by atoms with E-state index in [1.54, 1.807) is 0 Å². The molecule has 0 amide bonds. The van der Waals surface area contributed by atoms with E-state index in [1.165, 1.54) is 45.3 Å². The van der Waals surface area contributed by atoms with Gasteiger partial charge in [-0.1, -0.05) is 0 Å². The standard InChI is InChI=1S/C14H26N2O2/c1-2-12(8-15-6-1)9-16(13-3-4-13)10-14-5-7-17-11-18-14/h12-15H,1-11H2. The number of hydrogen-bond acceptors (Lipinski definition) is 4. The third kappa shape index (κ3) is 3.67. The van der Waals surface area contributed by atoms with E-state index in [1.807, 2.05) is 0 Å². The first-order valence-electron chi connectivity index (χ1n) is 7.56. The van der Waals surface area contributed by atoms with Gasteiger partial charge >= 0.3 is 0 Å². The van der Waals surface area contributed by atoms with Gasteiger partial charge in [-0.25, -0.2) is 0 Å². The van der Waals surface area contributed by atoms with Crippen LogP contribution in [0, 0.1) is 5.92 Å². The summed E-state index contributed by atoms with van der Waals surface area (Å²) in [6, 6.07) is 0.846. The summed E-state index contributed by atoms with van der Waals surface area (Å²) in [7, 11) is 0. The van der Waals surface area contributed by atoms with Crippen LogP contribution in [0.3, 0.4) is 0 Å². The fourth-order valence-electron chi connectivity index (χ4n) is 3.13. The van der Waals surface area contributed by atoms with E-state index in [4.69, 9.17) is 9.47 Å². The Morgan fingerprint density at radius 2 is 2.06 bits per heavy atom. The zero-order chi connectivity index (χ0) is 12.2. The number of hydrogen-bond donors (Lipinski definition) is 1. The molecule has 0 spiro atoms. The Labute approximate surface area is 110 Å². The van der Waals surface area contributed by atoms with E-state index in [2.05, 4.69) is 10.2 Å². The Kier molecular flexibility index (Phi) is 4.52. The summed E-state index contributed by atoms with van der Waals surface area (Å²) in [4.78, 5) is 2.69. The summed E-state index contributed by atoms with van der Waals surface area (Å²) in [6.07, 6.45) is 6.98. The lowest BCUT2D eigenvalue weighted by Crippen LogP contribution is -2.43. The van der Waals surface area contributed by atoms with Gasteiger partial charge in [0.15, 0.2) is 0 Å². The lowest BCUT2D eigenvalue weighted by atomic mass is 9.98. The summed E-state index contributed by atoms with van der Waals surface area (Å²) >= 11 is 0. The average molecular weight is 254 g/mol. The third-order valence-corrected chi connectivity index (χ3v) is 4.36. The van der Waals surface area contributed by atoms with Crippen molar-refractivity contribution in [1.82, 2.24) is 10.2 Å². The fraction of sp³-hybridized carbons (Fsp3) is 1.00. The molecular weight excluding hydrogens is 228 g/mol. The Balaban J connectivity index is 1.47. The zero-order valence-electron chi connectivity index (χ0n) is 11.3. The SMILES string of the molecule is C1CNCC(CN(CC2CCOCO2)C2CC2)C1. The average Bonchev–Trinajstić information content (AvgIpc) is 3.25. The van der Waals surface area contributed by atoms with Gasteiger partial charge in [-0.2, -0.15) is 0 Å². The molecule has 2 aliphatic heterocycles. The molecule has 1 aliphatic carbocycles. The maximum Gasteiger partial charge on any atom is 0.147 e. The van der Waals surface area contributed by atoms with Crippen molar-refractivity contribution < 1.29 is 9.47 Å². The minimum atomic E-state index is 0.399. The van der Waals surface area contributed by atoms with Crippen molar-refractivity contribution >= 4 is 0 Å². The molecule has 0 bridgehead atoms. The summed E-state index contributed by atoms with van der Waals surface area (Å²) in [6.45, 7) is 6.16. The predicted octanol–water partition coefficient (Wildman–Crippen LogP) is 1.21. The quantitative estimate of drug-likeness (QED) is 0.800. The van der Waals surface area contributed by atoms with Gasteiger partial charge in [0.1, 0.15) is 6.79 Å². The second kappa shape index (κ2) is 6.33. The molecule has 2 unspecified atom stereocenters. The van der Waals surface area contributed by atoms with Gasteiger partial charge in [0.05, 0.1) is 12.7 Å². The van der Waals surface area contributed by atoms with Crippen LogP contribution in [0.4, 0.5) is 0 Å². The molecule has 4 heteroatoms. The highest BCUT2D eigenvalue weighted by Gasteiger charge is 2.32. The smallest absolute Gasteiger partial charge is 0.147 e. The molecule has 2 saturated heterocycles. The topological polar surface area (TPSA) is 33.7 Å². The van der Waals surface area contributed by atoms with E-state index in [-0.39, 0.29) is 0 Å². The summed E-state index contributed by atoms with van der Waals surface area (Å²) in [5.41, 5.74) is 0. The first-order chi connectivity index (χ1) is 8.92. The number of piperidine rings is 1. The number of nitrogens with one attached hydrogen (secondary N) is 1. The molecule has 2 heterocycles. The van der Waals surface area contributed by atoms with E-state index >= 15 is 0 Å². The van der Waals surface area contributed by atoms with Crippen molar-refractivity contribution in [2.24, 2.45) is 5.92 Å². The first kappa shape index (κ1) is 12.9. The molecule has 4 nitrogen and oxygen atoms in total. The number of rotatable bonds is 5. The number of ether oxygens (including phenoxy) is 2. The normalized spacial score (nSPS) is 33.8. The van der Waals surface area contributed by atoms with Crippen molar-refractivity contribution in [3.8, 4) is 0 Å². The highest BCUT2D eigenvalue weighted by molar-refractivity contribution is 4.88. The fourth-order valence-corrected chi connectivity index (χ4v) is 3.13. The Hall–Kier alpha value is -0.160. The van der Waals surface area contributed by atoms with E-state index in [0.29, 0.717) is 12.9 Å². The molecule has 3 rings (SSSR count). The van der Waals surface area contributed by atoms with Gasteiger partial charge in [-0.05, 0) is 51.1 Å². The highest BCUT2D eigenvalue weighted by atomic mass is 16.7. The Morgan fingerprint density at radius 3 is 2.72 bits per heavy atom. The molecule has 2 atom stereocenters. The van der Waals surface area contributed by atoms with Crippen LogP contribution in [0.15, 0.2) is 0 Å². The molecule has 3 aliphatic rings. The Morgan fingerprint density at radius 1 is 1.11 bits per heavy atom. The van der Waals surface area contributed by atoms with Gasteiger partial charge in [-0.15, -0.1) is 0 Å². The van der Waals surface area contributed by atoms with Crippen molar-refractivity contribution in [3.05, 3.63) is 0 Å². The third-order valence-electron chi connectivity index (χ3n) is 4.36. The molecule has 0 aromatic heterocycles. The van der Waals surface area contributed by atoms with Crippen LogP contribution >= 0.6 is 0 Å². The molecule has 1 saturated carbocycles. The summed E-state index contributed by atoms with van der Waals surface area (Å²) < 4.78 is 11.0. The summed E-state index contributed by atoms with van der Waals surface area (Å²) in [5.74, 6) is 0.846. The van der Waals surface area contributed by atoms with Crippen LogP contribution in [0.5, 0.6) is 0 Å². The number of nitrogens with zero attached hydrogens (tertiary/aromatic N) is 1. The monoisotopic (exact) mass is 254 g/mol.